The second-order valence-electron chi connectivity index (χ2n) is 18.5. The van der Waals surface area contributed by atoms with Crippen LogP contribution in [0.4, 0.5) is 0 Å². The fourth-order valence-electron chi connectivity index (χ4n) is 8.39. The molecule has 4 aliphatic rings. The molecule has 0 radical (unpaired) electrons. The van der Waals surface area contributed by atoms with Crippen molar-refractivity contribution in [1.29, 1.82) is 0 Å². The number of β-amino-alcohol motifs (C(OH)–C–C–N with tert-alkyl or cyclic N) is 1. The lowest BCUT2D eigenvalue weighted by atomic mass is 9.97. The zero-order valence-electron chi connectivity index (χ0n) is 39.4. The normalized spacial score (nSPS) is 33.7. The maximum atomic E-state index is 13.6. The van der Waals surface area contributed by atoms with Gasteiger partial charge in [0.2, 0.25) is 23.6 Å². The van der Waals surface area contributed by atoms with Gasteiger partial charge < -0.3 is 84.9 Å². The SMILES string of the molecule is CC(=O)NC1C(OCCCCC(=O)N2C[C@H](O)C[C@H]2COP(=O)(O)O[C@@H]2C[C@@H](COP(=O)(O)OC(C)(C)C)N(C(=O)CCCCOC3OC(CO)C(O)C(O)C3NC(C)=O)C2)OC(CO)C(O)C1O. The van der Waals surface area contributed by atoms with E-state index >= 15 is 0 Å². The number of ether oxygens (including phenoxy) is 4. The second kappa shape index (κ2) is 26.6. The van der Waals surface area contributed by atoms with Crippen molar-refractivity contribution in [2.75, 3.05) is 52.7 Å². The summed E-state index contributed by atoms with van der Waals surface area (Å²) in [4.78, 5) is 74.1. The van der Waals surface area contributed by atoms with Crippen LogP contribution in [-0.4, -0.2) is 223 Å². The first kappa shape index (κ1) is 59.2. The molecule has 0 aromatic carbocycles. The lowest BCUT2D eigenvalue weighted by Crippen LogP contribution is -2.64. The van der Waals surface area contributed by atoms with Crippen LogP contribution in [0.5, 0.6) is 0 Å². The highest BCUT2D eigenvalue weighted by Crippen LogP contribution is 2.49. The van der Waals surface area contributed by atoms with Crippen LogP contribution < -0.4 is 10.6 Å². The fraction of sp³-hybridized carbons (Fsp3) is 0.900. The molecule has 12 unspecified atom stereocenters. The lowest BCUT2D eigenvalue weighted by Gasteiger charge is -2.42. The van der Waals surface area contributed by atoms with Crippen LogP contribution in [-0.2, 0) is 65.4 Å². The number of hydrogen-bond acceptors (Lipinski definition) is 21. The number of likely N-dealkylation sites (tertiary alicyclic amines) is 2. The number of phosphoric ester groups is 2. The van der Waals surface area contributed by atoms with Crippen LogP contribution in [0, 0.1) is 0 Å². The highest BCUT2D eigenvalue weighted by atomic mass is 31.2. The van der Waals surface area contributed by atoms with E-state index in [9.17, 15) is 73.8 Å². The van der Waals surface area contributed by atoms with E-state index in [1.54, 1.807) is 0 Å². The molecule has 0 aliphatic carbocycles. The number of nitrogens with one attached hydrogen (secondary N) is 2. The maximum Gasteiger partial charge on any atom is 0.472 e. The standard InChI is InChI=1S/C40H72N4O23P2/c1-22(47)41-32-36(54)34(52)28(18-45)64-38(32)60-12-8-6-10-30(50)43-16-26(49)14-24(43)20-62-68(56,57)66-27-15-25(21-63-69(58,59)67-40(3,4)5)44(17-27)31(51)11-7-9-13-61-39-33(42-23(2)48)37(55)35(53)29(19-46)65-39/h24-29,32-39,45-46,49,52-55H,6-21H2,1-5H3,(H,41,47)(H,42,48)(H,56,57)(H,58,59)/t24-,25-,26+,27+,28?,29?,32?,33?,34?,35?,36?,37?,38?,39?/m0/s1. The minimum absolute atomic E-state index is 0.00341. The molecule has 4 heterocycles. The van der Waals surface area contributed by atoms with E-state index in [0.717, 1.165) is 0 Å². The number of aliphatic hydroxyl groups excluding tert-OH is 7. The van der Waals surface area contributed by atoms with Crippen molar-refractivity contribution in [3.8, 4) is 0 Å². The molecule has 16 atom stereocenters. The summed E-state index contributed by atoms with van der Waals surface area (Å²) >= 11 is 0. The zero-order chi connectivity index (χ0) is 51.4. The molecule has 4 aliphatic heterocycles. The topological polar surface area (TPSA) is 389 Å². The molecule has 0 bridgehead atoms. The Balaban J connectivity index is 1.29. The van der Waals surface area contributed by atoms with Gasteiger partial charge in [-0.25, -0.2) is 9.13 Å². The van der Waals surface area contributed by atoms with E-state index in [1.807, 2.05) is 0 Å². The minimum atomic E-state index is -4.91. The van der Waals surface area contributed by atoms with Crippen LogP contribution >= 0.6 is 15.6 Å². The van der Waals surface area contributed by atoms with E-state index in [-0.39, 0.29) is 71.2 Å². The van der Waals surface area contributed by atoms with Gasteiger partial charge in [-0.1, -0.05) is 0 Å². The molecule has 4 fully saturated rings. The second-order valence-corrected chi connectivity index (χ2v) is 21.3. The molecular weight excluding hydrogens is 966 g/mol. The van der Waals surface area contributed by atoms with Gasteiger partial charge in [0, 0.05) is 53.0 Å². The van der Waals surface area contributed by atoms with Crippen LogP contribution in [0.15, 0.2) is 0 Å². The van der Waals surface area contributed by atoms with Crippen molar-refractivity contribution in [1.82, 2.24) is 20.4 Å². The lowest BCUT2D eigenvalue weighted by molar-refractivity contribution is -0.270. The molecule has 69 heavy (non-hydrogen) atoms. The van der Waals surface area contributed by atoms with E-state index in [1.165, 1.54) is 44.4 Å². The van der Waals surface area contributed by atoms with Crippen LogP contribution in [0.2, 0.25) is 0 Å². The first-order valence-electron chi connectivity index (χ1n) is 22.9. The van der Waals surface area contributed by atoms with Crippen LogP contribution in [0.3, 0.4) is 0 Å². The molecule has 4 saturated heterocycles. The molecule has 400 valence electrons. The average molecular weight is 1040 g/mol. The number of aliphatic hydroxyl groups is 7. The summed E-state index contributed by atoms with van der Waals surface area (Å²) in [6.07, 6.45) is -12.1. The number of rotatable bonds is 25. The first-order chi connectivity index (χ1) is 32.2. The Hall–Kier alpha value is -2.34. The van der Waals surface area contributed by atoms with Gasteiger partial charge in [0.25, 0.3) is 0 Å². The third-order valence-corrected chi connectivity index (χ3v) is 13.9. The van der Waals surface area contributed by atoms with Crippen molar-refractivity contribution in [2.24, 2.45) is 0 Å². The van der Waals surface area contributed by atoms with Crippen molar-refractivity contribution >= 4 is 39.3 Å². The number of unbranched alkanes of at least 4 members (excludes halogenated alkanes) is 2. The van der Waals surface area contributed by atoms with Gasteiger partial charge in [-0.2, -0.15) is 0 Å². The summed E-state index contributed by atoms with van der Waals surface area (Å²) in [5.41, 5.74) is -1.08. The summed E-state index contributed by atoms with van der Waals surface area (Å²) in [7, 11) is -9.56. The number of amides is 4. The van der Waals surface area contributed by atoms with Gasteiger partial charge in [-0.3, -0.25) is 37.3 Å². The number of hydrogen-bond donors (Lipinski definition) is 11. The van der Waals surface area contributed by atoms with Gasteiger partial charge in [0.1, 0.15) is 48.7 Å². The van der Waals surface area contributed by atoms with Crippen LogP contribution in [0.25, 0.3) is 0 Å². The molecule has 29 heteroatoms. The Morgan fingerprint density at radius 3 is 1.52 bits per heavy atom. The van der Waals surface area contributed by atoms with Crippen molar-refractivity contribution in [3.05, 3.63) is 0 Å². The fourth-order valence-corrected chi connectivity index (χ4v) is 10.4. The number of phosphoric acid groups is 2. The number of nitrogens with zero attached hydrogens (tertiary/aromatic N) is 2. The molecule has 0 aromatic heterocycles. The van der Waals surface area contributed by atoms with E-state index in [4.69, 9.17) is 37.0 Å². The molecule has 4 rings (SSSR count). The van der Waals surface area contributed by atoms with Crippen LogP contribution in [0.1, 0.15) is 86.0 Å². The first-order valence-corrected chi connectivity index (χ1v) is 25.9. The van der Waals surface area contributed by atoms with E-state index < -0.39 is 157 Å². The Morgan fingerprint density at radius 1 is 0.652 bits per heavy atom. The number of carbonyl (C=O) groups excluding carboxylic acids is 4. The smallest absolute Gasteiger partial charge is 0.394 e. The van der Waals surface area contributed by atoms with E-state index in [2.05, 4.69) is 10.6 Å². The summed E-state index contributed by atoms with van der Waals surface area (Å²) in [5.74, 6) is -1.94. The molecule has 27 nitrogen and oxygen atoms in total. The minimum Gasteiger partial charge on any atom is -0.394 e. The third-order valence-electron chi connectivity index (χ3n) is 11.6. The van der Waals surface area contributed by atoms with Gasteiger partial charge in [0.15, 0.2) is 12.6 Å². The molecule has 11 N–H and O–H groups in total. The van der Waals surface area contributed by atoms with Gasteiger partial charge >= 0.3 is 15.6 Å². The van der Waals surface area contributed by atoms with Crippen molar-refractivity contribution < 1.29 is 111 Å². The Kier molecular flexibility index (Phi) is 22.8. The molecule has 0 aromatic rings. The number of carbonyl (C=O) groups is 4. The largest absolute Gasteiger partial charge is 0.472 e. The Labute approximate surface area is 399 Å². The molecular formula is C40H72N4O23P2. The summed E-state index contributed by atoms with van der Waals surface area (Å²) in [6.45, 7) is 4.32. The third kappa shape index (κ3) is 18.3. The van der Waals surface area contributed by atoms with Crippen molar-refractivity contribution in [2.45, 2.75) is 177 Å². The summed E-state index contributed by atoms with van der Waals surface area (Å²) in [6, 6.07) is -4.06. The molecule has 0 saturated carbocycles. The Bertz CT molecular complexity index is 1780. The van der Waals surface area contributed by atoms with Crippen molar-refractivity contribution in [3.63, 3.8) is 0 Å². The summed E-state index contributed by atoms with van der Waals surface area (Å²) < 4.78 is 69.7. The average Bonchev–Trinajstić information content (AvgIpc) is 3.84. The quantitative estimate of drug-likeness (QED) is 0.0326. The predicted molar refractivity (Wildman–Crippen MR) is 234 cm³/mol. The summed E-state index contributed by atoms with van der Waals surface area (Å²) in [5, 5.41) is 75.9. The Morgan fingerprint density at radius 2 is 1.09 bits per heavy atom. The molecule has 0 spiro atoms. The monoisotopic (exact) mass is 1040 g/mol. The van der Waals surface area contributed by atoms with Gasteiger partial charge in [0.05, 0.1) is 56.3 Å². The maximum absolute atomic E-state index is 13.6. The highest BCUT2D eigenvalue weighted by molar-refractivity contribution is 7.47. The zero-order valence-corrected chi connectivity index (χ0v) is 41.2. The highest BCUT2D eigenvalue weighted by Gasteiger charge is 2.47. The predicted octanol–water partition coefficient (Wildman–Crippen LogP) is -2.76. The van der Waals surface area contributed by atoms with Gasteiger partial charge in [-0.15, -0.1) is 0 Å². The molecule has 4 amide bonds. The van der Waals surface area contributed by atoms with E-state index in [0.29, 0.717) is 6.42 Å². The van der Waals surface area contributed by atoms with Gasteiger partial charge in [-0.05, 0) is 59.3 Å².